The Kier molecular flexibility index (Phi) is 3.86. The molecule has 0 fully saturated rings. The van der Waals surface area contributed by atoms with E-state index in [1.165, 1.54) is 0 Å². The molecule has 0 aromatic rings. The fourth-order valence-corrected chi connectivity index (χ4v) is 0.668. The van der Waals surface area contributed by atoms with Gasteiger partial charge in [-0.25, -0.2) is 0 Å². The molecule has 0 saturated carbocycles. The molecule has 7 nitrogen and oxygen atoms in total. The molecule has 0 heterocycles. The summed E-state index contributed by atoms with van der Waals surface area (Å²) in [6.07, 6.45) is -3.56. The summed E-state index contributed by atoms with van der Waals surface area (Å²) in [5.41, 5.74) is 0. The molecule has 1 N–H and O–H groups in total. The van der Waals surface area contributed by atoms with Gasteiger partial charge in [0.05, 0.1) is 5.97 Å². The maximum atomic E-state index is 10.1. The quantitative estimate of drug-likeness (QED) is 0.454. The Morgan fingerprint density at radius 3 is 1.77 bits per heavy atom. The van der Waals surface area contributed by atoms with Crippen LogP contribution in [-0.2, 0) is 14.4 Å². The minimum Gasteiger partial charge on any atom is -0.550 e. The van der Waals surface area contributed by atoms with Crippen LogP contribution in [0, 0.1) is 5.92 Å². The van der Waals surface area contributed by atoms with Crippen LogP contribution in [0.2, 0.25) is 0 Å². The van der Waals surface area contributed by atoms with Crippen molar-refractivity contribution in [2.45, 2.75) is 12.5 Å². The lowest BCUT2D eigenvalue weighted by Gasteiger charge is -2.24. The lowest BCUT2D eigenvalue weighted by Crippen LogP contribution is -2.49. The second-order valence-corrected chi connectivity index (χ2v) is 2.27. The third-order valence-corrected chi connectivity index (χ3v) is 1.31. The highest BCUT2D eigenvalue weighted by Gasteiger charge is 2.21. The molecule has 0 bridgehead atoms. The van der Waals surface area contributed by atoms with Crippen molar-refractivity contribution in [2.24, 2.45) is 5.92 Å². The molecule has 0 aromatic carbocycles. The summed E-state index contributed by atoms with van der Waals surface area (Å²) >= 11 is 0. The molecule has 0 aliphatic heterocycles. The highest BCUT2D eigenvalue weighted by Crippen LogP contribution is 2.06. The molecule has 0 rings (SSSR count). The first-order valence-electron chi connectivity index (χ1n) is 3.16. The maximum absolute atomic E-state index is 10.1. The van der Waals surface area contributed by atoms with Gasteiger partial charge in [-0.3, -0.25) is 0 Å². The number of carboxylic acids is 3. The van der Waals surface area contributed by atoms with Crippen molar-refractivity contribution in [3.8, 4) is 0 Å². The molecule has 7 heteroatoms. The van der Waals surface area contributed by atoms with E-state index in [1.807, 2.05) is 0 Å². The summed E-state index contributed by atoms with van der Waals surface area (Å²) in [5, 5.41) is 38.6. The zero-order valence-electron chi connectivity index (χ0n) is 6.26. The largest absolute Gasteiger partial charge is 0.550 e. The van der Waals surface area contributed by atoms with Crippen molar-refractivity contribution >= 4 is 17.9 Å². The zero-order valence-corrected chi connectivity index (χ0v) is 6.26. The Morgan fingerprint density at radius 1 is 1.08 bits per heavy atom. The first-order chi connectivity index (χ1) is 5.86. The van der Waals surface area contributed by atoms with Gasteiger partial charge >= 0.3 is 0 Å². The van der Waals surface area contributed by atoms with Crippen molar-refractivity contribution in [2.75, 3.05) is 0 Å². The lowest BCUT2D eigenvalue weighted by atomic mass is 9.99. The number of aliphatic carboxylic acids is 3. The molecule has 0 unspecified atom stereocenters. The van der Waals surface area contributed by atoms with E-state index in [0.29, 0.717) is 0 Å². The second-order valence-electron chi connectivity index (χ2n) is 2.27. The molecule has 0 saturated heterocycles. The second kappa shape index (κ2) is 4.41. The predicted molar refractivity (Wildman–Crippen MR) is 29.1 cm³/mol. The van der Waals surface area contributed by atoms with Crippen LogP contribution in [0.4, 0.5) is 0 Å². The third kappa shape index (κ3) is 3.52. The molecule has 2 atom stereocenters. The van der Waals surface area contributed by atoms with Gasteiger partial charge in [-0.1, -0.05) is 0 Å². The Hall–Kier alpha value is -1.63. The molecule has 0 aromatic heterocycles. The van der Waals surface area contributed by atoms with Crippen LogP contribution < -0.4 is 15.3 Å². The van der Waals surface area contributed by atoms with Gasteiger partial charge in [-0.15, -0.1) is 0 Å². The van der Waals surface area contributed by atoms with Crippen molar-refractivity contribution in [1.82, 2.24) is 0 Å². The van der Waals surface area contributed by atoms with Crippen molar-refractivity contribution in [1.29, 1.82) is 0 Å². The Labute approximate surface area is 72.2 Å². The minimum absolute atomic E-state index is 1.14. The number of aliphatic hydroxyl groups excluding tert-OH is 1. The molecule has 0 spiro atoms. The smallest absolute Gasteiger partial charge is 0.102 e. The average Bonchev–Trinajstić information content (AvgIpc) is 1.97. The van der Waals surface area contributed by atoms with E-state index in [0.717, 1.165) is 0 Å². The Morgan fingerprint density at radius 2 is 1.54 bits per heavy atom. The van der Waals surface area contributed by atoms with Gasteiger partial charge in [0.15, 0.2) is 0 Å². The van der Waals surface area contributed by atoms with E-state index in [9.17, 15) is 29.7 Å². The van der Waals surface area contributed by atoms with E-state index in [2.05, 4.69) is 0 Å². The van der Waals surface area contributed by atoms with Crippen molar-refractivity contribution in [3.63, 3.8) is 0 Å². The molecule has 0 aliphatic rings. The maximum Gasteiger partial charge on any atom is 0.102 e. The molecule has 0 radical (unpaired) electrons. The third-order valence-electron chi connectivity index (χ3n) is 1.31. The van der Waals surface area contributed by atoms with Gasteiger partial charge in [0.25, 0.3) is 0 Å². The SMILES string of the molecule is O=C([O-])C[C@@H](C(=O)[O-])[C@@H](O)C(=O)[O-]. The topological polar surface area (TPSA) is 141 Å². The van der Waals surface area contributed by atoms with E-state index < -0.39 is 36.4 Å². The van der Waals surface area contributed by atoms with Crippen LogP contribution in [0.15, 0.2) is 0 Å². The highest BCUT2D eigenvalue weighted by molar-refractivity contribution is 5.82. The van der Waals surface area contributed by atoms with Gasteiger partial charge < -0.3 is 34.8 Å². The zero-order chi connectivity index (χ0) is 10.6. The van der Waals surface area contributed by atoms with Crippen LogP contribution in [0.5, 0.6) is 0 Å². The summed E-state index contributed by atoms with van der Waals surface area (Å²) in [6.45, 7) is 0. The van der Waals surface area contributed by atoms with Crippen LogP contribution >= 0.6 is 0 Å². The lowest BCUT2D eigenvalue weighted by molar-refractivity contribution is -0.334. The van der Waals surface area contributed by atoms with Gasteiger partial charge in [0, 0.05) is 17.9 Å². The molecular formula is C6H5O7-3. The number of aliphatic hydroxyl groups is 1. The number of carbonyl (C=O) groups is 3. The van der Waals surface area contributed by atoms with Crippen LogP contribution in [0.3, 0.4) is 0 Å². The van der Waals surface area contributed by atoms with Crippen LogP contribution in [0.1, 0.15) is 6.42 Å². The molecule has 13 heavy (non-hydrogen) atoms. The van der Waals surface area contributed by atoms with Crippen LogP contribution in [0.25, 0.3) is 0 Å². The number of rotatable bonds is 5. The molecular weight excluding hydrogens is 184 g/mol. The standard InChI is InChI=1S/C6H8O7/c7-3(8)1-2(5(10)11)4(9)6(12)13/h2,4,9H,1H2,(H,7,8)(H,10,11)(H,12,13)/p-3/t2-,4-/m1/s1. The first-order valence-corrected chi connectivity index (χ1v) is 3.16. The van der Waals surface area contributed by atoms with E-state index >= 15 is 0 Å². The fraction of sp³-hybridized carbons (Fsp3) is 0.500. The fourth-order valence-electron chi connectivity index (χ4n) is 0.668. The monoisotopic (exact) mass is 189 g/mol. The van der Waals surface area contributed by atoms with Crippen LogP contribution in [-0.4, -0.2) is 29.1 Å². The summed E-state index contributed by atoms with van der Waals surface area (Å²) in [7, 11) is 0. The Bertz CT molecular complexity index is 233. The van der Waals surface area contributed by atoms with E-state index in [-0.39, 0.29) is 0 Å². The van der Waals surface area contributed by atoms with E-state index in [1.54, 1.807) is 0 Å². The molecule has 0 amide bonds. The highest BCUT2D eigenvalue weighted by atomic mass is 16.4. The van der Waals surface area contributed by atoms with Crippen molar-refractivity contribution in [3.05, 3.63) is 0 Å². The normalized spacial score (nSPS) is 14.5. The van der Waals surface area contributed by atoms with Gasteiger partial charge in [-0.05, 0) is 6.42 Å². The van der Waals surface area contributed by atoms with Gasteiger partial charge in [-0.2, -0.15) is 0 Å². The number of hydrogen-bond donors (Lipinski definition) is 1. The summed E-state index contributed by atoms with van der Waals surface area (Å²) in [5.74, 6) is -7.92. The minimum atomic E-state index is -2.41. The molecule has 0 aliphatic carbocycles. The Balaban J connectivity index is 4.51. The first kappa shape index (κ1) is 11.4. The van der Waals surface area contributed by atoms with Crippen molar-refractivity contribution < 1.29 is 34.8 Å². The number of hydrogen-bond acceptors (Lipinski definition) is 7. The summed E-state index contributed by atoms with van der Waals surface area (Å²) in [4.78, 5) is 30.0. The summed E-state index contributed by atoms with van der Waals surface area (Å²) < 4.78 is 0. The molecule has 74 valence electrons. The number of carbonyl (C=O) groups excluding carboxylic acids is 3. The van der Waals surface area contributed by atoms with E-state index in [4.69, 9.17) is 5.11 Å². The number of carboxylic acid groups (broad SMARTS) is 3. The summed E-state index contributed by atoms with van der Waals surface area (Å²) in [6, 6.07) is 0. The average molecular weight is 189 g/mol. The van der Waals surface area contributed by atoms with Gasteiger partial charge in [0.1, 0.15) is 6.10 Å². The predicted octanol–water partition coefficient (Wildman–Crippen LogP) is -5.40. The van der Waals surface area contributed by atoms with Gasteiger partial charge in [0.2, 0.25) is 0 Å².